The van der Waals surface area contributed by atoms with Gasteiger partial charge in [0.05, 0.1) is 37.1 Å². The van der Waals surface area contributed by atoms with Crippen molar-refractivity contribution in [2.45, 2.75) is 24.9 Å². The Morgan fingerprint density at radius 2 is 1.14 bits per heavy atom. The summed E-state index contributed by atoms with van der Waals surface area (Å²) in [5.74, 6) is 0. The van der Waals surface area contributed by atoms with Crippen LogP contribution in [0.1, 0.15) is 12.8 Å². The van der Waals surface area contributed by atoms with Crippen molar-refractivity contribution in [1.29, 1.82) is 21.0 Å². The fourth-order valence-electron chi connectivity index (χ4n) is 0.558. The molecule has 0 amide bonds. The number of nitriles is 4. The van der Waals surface area contributed by atoms with Crippen LogP contribution in [0.2, 0.25) is 0 Å². The predicted octanol–water partition coefficient (Wildman–Crippen LogP) is 1.05. The maximum absolute atomic E-state index is 8.47. The first-order chi connectivity index (χ1) is 6.78. The van der Waals surface area contributed by atoms with Crippen LogP contribution >= 0.6 is 0 Å². The van der Waals surface area contributed by atoms with Gasteiger partial charge in [0.25, 0.3) is 0 Å². The summed E-state index contributed by atoms with van der Waals surface area (Å²) in [4.78, 5) is 0. The van der Waals surface area contributed by atoms with E-state index in [1.54, 1.807) is 24.3 Å². The molecule has 0 aromatic heterocycles. The van der Waals surface area contributed by atoms with Gasteiger partial charge in [0.15, 0.2) is 12.1 Å². The summed E-state index contributed by atoms with van der Waals surface area (Å²) in [6, 6.07) is 5.33. The van der Waals surface area contributed by atoms with Crippen molar-refractivity contribution in [3.05, 3.63) is 0 Å². The highest BCUT2D eigenvalue weighted by Gasteiger charge is 2.07. The largest absolute Gasteiger partial charge is 0.198 e. The van der Waals surface area contributed by atoms with Gasteiger partial charge in [-0.25, -0.2) is 0 Å². The van der Waals surface area contributed by atoms with E-state index in [1.165, 1.54) is 0 Å². The maximum Gasteiger partial charge on any atom is 0.170 e. The van der Waals surface area contributed by atoms with E-state index < -0.39 is 12.1 Å². The Balaban J connectivity index is 4.29. The predicted molar refractivity (Wildman–Crippen MR) is 44.1 cm³/mol. The lowest BCUT2D eigenvalue weighted by atomic mass is 10.2. The molecule has 0 aromatic rings. The Morgan fingerprint density at radius 3 is 1.36 bits per heavy atom. The minimum Gasteiger partial charge on any atom is -0.198 e. The molecule has 0 aromatic carbocycles. The topological polar surface area (TPSA) is 120 Å². The lowest BCUT2D eigenvalue weighted by Crippen LogP contribution is -2.02. The van der Waals surface area contributed by atoms with Crippen molar-refractivity contribution in [2.24, 2.45) is 10.2 Å². The summed E-state index contributed by atoms with van der Waals surface area (Å²) >= 11 is 0. The molecular formula is C8H6N6. The van der Waals surface area contributed by atoms with Crippen LogP contribution in [-0.2, 0) is 0 Å². The summed E-state index contributed by atoms with van der Waals surface area (Å²) in [5, 5.41) is 40.5. The number of nitrogens with zero attached hydrogens (tertiary/aromatic N) is 6. The molecule has 0 radical (unpaired) electrons. The number of rotatable bonds is 4. The third kappa shape index (κ3) is 4.44. The van der Waals surface area contributed by atoms with E-state index in [4.69, 9.17) is 21.0 Å². The summed E-state index contributed by atoms with van der Waals surface area (Å²) in [6.07, 6.45) is -0.130. The average molecular weight is 186 g/mol. The van der Waals surface area contributed by atoms with E-state index in [0.29, 0.717) is 0 Å². The van der Waals surface area contributed by atoms with Crippen molar-refractivity contribution in [1.82, 2.24) is 0 Å². The molecule has 0 fully saturated rings. The molecule has 0 saturated carbocycles. The molecule has 68 valence electrons. The standard InChI is InChI=1S/C8H6N6/c9-3-1-7(5-11)13-14-8(6-12)2-4-10/h7-8H,1-2H2. The van der Waals surface area contributed by atoms with Gasteiger partial charge in [0.1, 0.15) is 0 Å². The second-order valence-electron chi connectivity index (χ2n) is 2.25. The smallest absolute Gasteiger partial charge is 0.170 e. The lowest BCUT2D eigenvalue weighted by molar-refractivity contribution is 0.706. The number of azo groups is 1. The third-order valence-electron chi connectivity index (χ3n) is 1.21. The van der Waals surface area contributed by atoms with Crippen LogP contribution in [0.5, 0.6) is 0 Å². The van der Waals surface area contributed by atoms with Crippen molar-refractivity contribution in [3.63, 3.8) is 0 Å². The van der Waals surface area contributed by atoms with E-state index in [9.17, 15) is 0 Å². The highest BCUT2D eigenvalue weighted by atomic mass is 15.1. The zero-order valence-electron chi connectivity index (χ0n) is 7.25. The summed E-state index contributed by atoms with van der Waals surface area (Å²) in [7, 11) is 0. The van der Waals surface area contributed by atoms with Gasteiger partial charge in [-0.15, -0.1) is 0 Å². The molecule has 0 aliphatic heterocycles. The van der Waals surface area contributed by atoms with Crippen LogP contribution in [0.3, 0.4) is 0 Å². The van der Waals surface area contributed by atoms with E-state index in [-0.39, 0.29) is 12.8 Å². The van der Waals surface area contributed by atoms with Gasteiger partial charge in [0, 0.05) is 0 Å². The molecule has 14 heavy (non-hydrogen) atoms. The van der Waals surface area contributed by atoms with Crippen LogP contribution in [-0.4, -0.2) is 12.1 Å². The molecule has 0 heterocycles. The summed E-state index contributed by atoms with van der Waals surface area (Å²) < 4.78 is 0. The van der Waals surface area contributed by atoms with Crippen molar-refractivity contribution in [3.8, 4) is 24.3 Å². The van der Waals surface area contributed by atoms with Crippen LogP contribution in [0.4, 0.5) is 0 Å². The molecule has 2 unspecified atom stereocenters. The Hall–Kier alpha value is -2.44. The molecule has 2 atom stereocenters. The first-order valence-electron chi connectivity index (χ1n) is 3.71. The minimum atomic E-state index is -0.852. The van der Waals surface area contributed by atoms with Crippen LogP contribution in [0.15, 0.2) is 10.2 Å². The molecule has 0 spiro atoms. The Labute approximate surface area is 81.3 Å². The minimum absolute atomic E-state index is 0.0648. The summed E-state index contributed by atoms with van der Waals surface area (Å²) in [5.41, 5.74) is 0. The second kappa shape index (κ2) is 7.22. The normalized spacial score (nSPS) is 13.1. The second-order valence-corrected chi connectivity index (χ2v) is 2.25. The fraction of sp³-hybridized carbons (Fsp3) is 0.500. The van der Waals surface area contributed by atoms with Crippen LogP contribution < -0.4 is 0 Å². The molecule has 0 aliphatic rings. The first-order valence-corrected chi connectivity index (χ1v) is 3.71. The van der Waals surface area contributed by atoms with Crippen LogP contribution in [0.25, 0.3) is 0 Å². The lowest BCUT2D eigenvalue weighted by Gasteiger charge is -1.96. The zero-order valence-corrected chi connectivity index (χ0v) is 7.25. The highest BCUT2D eigenvalue weighted by molar-refractivity contribution is 4.98. The SMILES string of the molecule is N#CCC(C#N)N=NC(C#N)CC#N. The molecular weight excluding hydrogens is 180 g/mol. The number of hydrogen-bond donors (Lipinski definition) is 0. The molecule has 0 N–H and O–H groups in total. The fourth-order valence-corrected chi connectivity index (χ4v) is 0.558. The molecule has 6 heteroatoms. The average Bonchev–Trinajstić information content (AvgIpc) is 2.22. The van der Waals surface area contributed by atoms with Crippen molar-refractivity contribution < 1.29 is 0 Å². The first kappa shape index (κ1) is 11.6. The Kier molecular flexibility index (Phi) is 5.96. The third-order valence-corrected chi connectivity index (χ3v) is 1.21. The number of hydrogen-bond acceptors (Lipinski definition) is 6. The van der Waals surface area contributed by atoms with E-state index in [1.807, 2.05) is 0 Å². The van der Waals surface area contributed by atoms with E-state index in [0.717, 1.165) is 0 Å². The van der Waals surface area contributed by atoms with Gasteiger partial charge in [-0.1, -0.05) is 0 Å². The van der Waals surface area contributed by atoms with Crippen molar-refractivity contribution >= 4 is 0 Å². The zero-order chi connectivity index (χ0) is 10.8. The molecule has 6 nitrogen and oxygen atoms in total. The summed E-state index contributed by atoms with van der Waals surface area (Å²) in [6.45, 7) is 0. The van der Waals surface area contributed by atoms with Gasteiger partial charge in [0.2, 0.25) is 0 Å². The maximum atomic E-state index is 8.47. The Morgan fingerprint density at radius 1 is 0.786 bits per heavy atom. The highest BCUT2D eigenvalue weighted by Crippen LogP contribution is 2.01. The molecule has 0 rings (SSSR count). The van der Waals surface area contributed by atoms with Gasteiger partial charge in [-0.05, 0) is 0 Å². The molecule has 0 aliphatic carbocycles. The van der Waals surface area contributed by atoms with Crippen molar-refractivity contribution in [2.75, 3.05) is 0 Å². The van der Waals surface area contributed by atoms with Gasteiger partial charge < -0.3 is 0 Å². The van der Waals surface area contributed by atoms with Gasteiger partial charge in [-0.3, -0.25) is 0 Å². The van der Waals surface area contributed by atoms with Crippen LogP contribution in [0, 0.1) is 45.3 Å². The monoisotopic (exact) mass is 186 g/mol. The quantitative estimate of drug-likeness (QED) is 0.609. The van der Waals surface area contributed by atoms with E-state index >= 15 is 0 Å². The van der Waals surface area contributed by atoms with Gasteiger partial charge in [-0.2, -0.15) is 31.3 Å². The van der Waals surface area contributed by atoms with Gasteiger partial charge >= 0.3 is 0 Å². The van der Waals surface area contributed by atoms with E-state index in [2.05, 4.69) is 10.2 Å². The molecule has 0 bridgehead atoms. The molecule has 0 saturated heterocycles. The Bertz CT molecular complexity index is 321.